The number of amides is 3. The second-order valence-electron chi connectivity index (χ2n) is 10.4. The van der Waals surface area contributed by atoms with Crippen LogP contribution in [0, 0.1) is 0 Å². The molecule has 3 aromatic rings. The third kappa shape index (κ3) is 5.39. The molecule has 0 bridgehead atoms. The lowest BCUT2D eigenvalue weighted by Gasteiger charge is -2.44. The highest BCUT2D eigenvalue weighted by Gasteiger charge is 2.64. The van der Waals surface area contributed by atoms with Gasteiger partial charge < -0.3 is 34.5 Å². The molecule has 44 heavy (non-hydrogen) atoms. The number of rotatable bonds is 8. The van der Waals surface area contributed by atoms with Crippen molar-refractivity contribution in [2.24, 2.45) is 0 Å². The fourth-order valence-corrected chi connectivity index (χ4v) is 6.81. The van der Waals surface area contributed by atoms with Crippen molar-refractivity contribution in [1.82, 2.24) is 20.1 Å². The zero-order chi connectivity index (χ0) is 31.9. The number of hydrogen-bond acceptors (Lipinski definition) is 11. The van der Waals surface area contributed by atoms with Crippen molar-refractivity contribution in [3.8, 4) is 5.75 Å². The second-order valence-corrected chi connectivity index (χ2v) is 12.2. The normalized spacial score (nSPS) is 20.7. The van der Waals surface area contributed by atoms with Crippen LogP contribution in [0.1, 0.15) is 25.5 Å². The third-order valence-electron chi connectivity index (χ3n) is 7.20. The van der Waals surface area contributed by atoms with Crippen molar-refractivity contribution < 1.29 is 43.0 Å². The monoisotopic (exact) mass is 626 g/mol. The van der Waals surface area contributed by atoms with E-state index >= 15 is 0 Å². The van der Waals surface area contributed by atoms with Crippen LogP contribution in [0.15, 0.2) is 62.5 Å². The number of para-hydroxylation sites is 1. The number of aromatic nitrogens is 1. The molecular weight excluding hydrogens is 600 g/mol. The molecule has 230 valence electrons. The number of carbonyl (C=O) groups is 5. The molecule has 5 rings (SSSR count). The van der Waals surface area contributed by atoms with E-state index in [2.05, 4.69) is 15.4 Å². The topological polar surface area (TPSA) is 204 Å². The van der Waals surface area contributed by atoms with Crippen LogP contribution in [0.5, 0.6) is 5.75 Å². The smallest absolute Gasteiger partial charge is 0.480 e. The molecule has 2 aliphatic heterocycles. The van der Waals surface area contributed by atoms with Crippen molar-refractivity contribution >= 4 is 52.6 Å². The highest BCUT2D eigenvalue weighted by molar-refractivity contribution is 8.01. The first kappa shape index (κ1) is 30.3. The summed E-state index contributed by atoms with van der Waals surface area (Å²) >= 11 is 1.24. The fourth-order valence-electron chi connectivity index (χ4n) is 5.19. The molecule has 0 saturated carbocycles. The Kier molecular flexibility index (Phi) is 7.94. The molecule has 15 nitrogen and oxygen atoms in total. The molecule has 2 fully saturated rings. The molecule has 0 aliphatic carbocycles. The van der Waals surface area contributed by atoms with Crippen LogP contribution < -0.4 is 26.7 Å². The molecule has 3 N–H and O–H groups in total. The minimum absolute atomic E-state index is 0.166. The summed E-state index contributed by atoms with van der Waals surface area (Å²) in [7, 11) is 1.07. The Hall–Kier alpha value is -5.12. The zero-order valence-corrected chi connectivity index (χ0v) is 24.3. The number of aliphatic carboxylic acids is 1. The zero-order valence-electron chi connectivity index (χ0n) is 23.5. The van der Waals surface area contributed by atoms with Gasteiger partial charge in [0.2, 0.25) is 17.7 Å². The van der Waals surface area contributed by atoms with Crippen molar-refractivity contribution in [3.05, 3.63) is 75.0 Å². The van der Waals surface area contributed by atoms with Gasteiger partial charge in [0.1, 0.15) is 30.0 Å². The number of β-lactam (4-membered cyclic amide) rings is 1. The van der Waals surface area contributed by atoms with E-state index in [1.165, 1.54) is 34.9 Å². The molecule has 0 spiro atoms. The second kappa shape index (κ2) is 11.5. The Morgan fingerprint density at radius 1 is 1.07 bits per heavy atom. The first-order chi connectivity index (χ1) is 20.8. The van der Waals surface area contributed by atoms with Gasteiger partial charge >= 0.3 is 17.9 Å². The van der Waals surface area contributed by atoms with Crippen LogP contribution in [0.4, 0.5) is 4.79 Å². The number of benzene rings is 2. The van der Waals surface area contributed by atoms with E-state index in [0.717, 1.165) is 7.11 Å². The summed E-state index contributed by atoms with van der Waals surface area (Å²) in [6.45, 7) is 2.57. The van der Waals surface area contributed by atoms with Gasteiger partial charge in [0, 0.05) is 4.75 Å². The van der Waals surface area contributed by atoms with Gasteiger partial charge in [-0.15, -0.1) is 11.8 Å². The average molecular weight is 627 g/mol. The summed E-state index contributed by atoms with van der Waals surface area (Å²) in [4.78, 5) is 90.0. The number of fused-ring (bicyclic) bond motifs is 2. The molecule has 2 aromatic carbocycles. The summed E-state index contributed by atoms with van der Waals surface area (Å²) in [6.07, 6.45) is -1.11. The Balaban J connectivity index is 1.37. The van der Waals surface area contributed by atoms with E-state index in [0.29, 0.717) is 10.1 Å². The molecule has 0 radical (unpaired) electrons. The highest BCUT2D eigenvalue weighted by Crippen LogP contribution is 2.50. The standard InChI is InChI=1S/C28H26N4O11S/c1-28(2)20(25(37)38)32-23(36)18(24(32)44-28)30-21(34)17(13-8-5-4-6-9-13)29-16(33)12-31-22(35)14-10-7-11-15(42-27(40)41-3)19(14)43-26(31)39/h4-11,17-18,20,24H,12H2,1-3H3,(H,29,33)(H,30,34)(H,37,38)/t17-,18-,20+,24-/m1/s1. The lowest BCUT2D eigenvalue weighted by atomic mass is 9.95. The van der Waals surface area contributed by atoms with Crippen LogP contribution in [0.25, 0.3) is 11.0 Å². The van der Waals surface area contributed by atoms with Crippen LogP contribution in [-0.2, 0) is 30.5 Å². The molecule has 0 unspecified atom stereocenters. The number of methoxy groups -OCH3 is 1. The number of carbonyl (C=O) groups excluding carboxylic acids is 4. The predicted molar refractivity (Wildman–Crippen MR) is 153 cm³/mol. The minimum Gasteiger partial charge on any atom is -0.480 e. The van der Waals surface area contributed by atoms with Gasteiger partial charge in [-0.25, -0.2) is 19.0 Å². The Bertz CT molecular complexity index is 1800. The summed E-state index contributed by atoms with van der Waals surface area (Å²) in [5.41, 5.74) is -0.910. The van der Waals surface area contributed by atoms with Crippen molar-refractivity contribution in [2.75, 3.05) is 7.11 Å². The van der Waals surface area contributed by atoms with Crippen LogP contribution in [0.3, 0.4) is 0 Å². The number of carboxylic acid groups (broad SMARTS) is 1. The number of nitrogens with one attached hydrogen (secondary N) is 2. The van der Waals surface area contributed by atoms with Gasteiger partial charge in [0.15, 0.2) is 11.3 Å². The van der Waals surface area contributed by atoms with E-state index in [4.69, 9.17) is 9.15 Å². The number of carboxylic acids is 1. The molecule has 3 heterocycles. The minimum atomic E-state index is -1.34. The maximum absolute atomic E-state index is 13.5. The number of ether oxygens (including phenoxy) is 2. The van der Waals surface area contributed by atoms with Gasteiger partial charge in [-0.1, -0.05) is 36.4 Å². The molecule has 1 aromatic heterocycles. The van der Waals surface area contributed by atoms with E-state index in [1.807, 2.05) is 0 Å². The summed E-state index contributed by atoms with van der Waals surface area (Å²) < 4.78 is 14.2. The fraction of sp³-hybridized carbons (Fsp3) is 0.321. The highest BCUT2D eigenvalue weighted by atomic mass is 32.2. The summed E-state index contributed by atoms with van der Waals surface area (Å²) in [5, 5.41) is 14.0. The van der Waals surface area contributed by atoms with E-state index in [9.17, 15) is 38.7 Å². The predicted octanol–water partition coefficient (Wildman–Crippen LogP) is 0.589. The Morgan fingerprint density at radius 2 is 1.77 bits per heavy atom. The molecule has 4 atom stereocenters. The Morgan fingerprint density at radius 3 is 2.43 bits per heavy atom. The van der Waals surface area contributed by atoms with Crippen LogP contribution >= 0.6 is 11.8 Å². The molecular formula is C28H26N4O11S. The lowest BCUT2D eigenvalue weighted by molar-refractivity contribution is -0.161. The number of nitrogens with zero attached hydrogens (tertiary/aromatic N) is 2. The SMILES string of the molecule is COC(=O)Oc1cccc2c(=O)n(CC(=O)N[C@@H](C(=O)N[C@@H]3C(=O)N4[C@@H]3SC(C)(C)[C@@H]4C(=O)O)c3ccccc3)c(=O)oc12. The molecule has 2 aliphatic rings. The van der Waals surface area contributed by atoms with Crippen molar-refractivity contribution in [2.45, 2.75) is 48.6 Å². The van der Waals surface area contributed by atoms with Gasteiger partial charge in [-0.2, -0.15) is 0 Å². The lowest BCUT2D eigenvalue weighted by Crippen LogP contribution is -2.71. The summed E-state index contributed by atoms with van der Waals surface area (Å²) in [6, 6.07) is 8.57. The molecule has 3 amide bonds. The van der Waals surface area contributed by atoms with E-state index in [1.54, 1.807) is 44.2 Å². The van der Waals surface area contributed by atoms with E-state index < -0.39 is 76.0 Å². The third-order valence-corrected chi connectivity index (χ3v) is 8.77. The first-order valence-electron chi connectivity index (χ1n) is 13.1. The van der Waals surface area contributed by atoms with Crippen molar-refractivity contribution in [1.29, 1.82) is 0 Å². The number of thioether (sulfide) groups is 1. The Labute approximate surface area is 252 Å². The van der Waals surface area contributed by atoms with E-state index in [-0.39, 0.29) is 16.7 Å². The molecule has 16 heteroatoms. The van der Waals surface area contributed by atoms with Crippen LogP contribution in [-0.4, -0.2) is 73.7 Å². The van der Waals surface area contributed by atoms with Gasteiger partial charge in [-0.05, 0) is 31.5 Å². The van der Waals surface area contributed by atoms with Gasteiger partial charge in [0.25, 0.3) is 5.56 Å². The summed E-state index contributed by atoms with van der Waals surface area (Å²) in [5.74, 6) is -4.87. The largest absolute Gasteiger partial charge is 0.513 e. The van der Waals surface area contributed by atoms with Gasteiger partial charge in [-0.3, -0.25) is 19.2 Å². The molecule has 2 saturated heterocycles. The van der Waals surface area contributed by atoms with Gasteiger partial charge in [0.05, 0.1) is 12.5 Å². The quantitative estimate of drug-likeness (QED) is 0.179. The van der Waals surface area contributed by atoms with Crippen molar-refractivity contribution in [3.63, 3.8) is 0 Å². The maximum Gasteiger partial charge on any atom is 0.513 e. The number of hydrogen-bond donors (Lipinski definition) is 3. The first-order valence-corrected chi connectivity index (χ1v) is 14.0. The maximum atomic E-state index is 13.5. The van der Waals surface area contributed by atoms with Crippen LogP contribution in [0.2, 0.25) is 0 Å². The average Bonchev–Trinajstić information content (AvgIpc) is 3.25.